The molecule has 4 heteroatoms. The van der Waals surface area contributed by atoms with Gasteiger partial charge < -0.3 is 10.4 Å². The molecule has 1 aliphatic carbocycles. The van der Waals surface area contributed by atoms with E-state index >= 15 is 0 Å². The Morgan fingerprint density at radius 3 is 3.06 bits per heavy atom. The predicted molar refractivity (Wildman–Crippen MR) is 72.6 cm³/mol. The Labute approximate surface area is 111 Å². The zero-order valence-electron chi connectivity index (χ0n) is 10.2. The Kier molecular flexibility index (Phi) is 4.80. The number of aliphatic hydroxyl groups excluding tert-OH is 1. The van der Waals surface area contributed by atoms with E-state index in [1.165, 1.54) is 30.6 Å². The van der Waals surface area contributed by atoms with E-state index in [4.69, 9.17) is 5.11 Å². The van der Waals surface area contributed by atoms with E-state index in [2.05, 4.69) is 17.2 Å². The van der Waals surface area contributed by atoms with Crippen molar-refractivity contribution >= 4 is 17.2 Å². The third kappa shape index (κ3) is 4.17. The third-order valence-corrected chi connectivity index (χ3v) is 3.89. The van der Waals surface area contributed by atoms with Crippen LogP contribution in [0.15, 0.2) is 12.1 Å². The van der Waals surface area contributed by atoms with Crippen LogP contribution in [0.5, 0.6) is 0 Å². The van der Waals surface area contributed by atoms with E-state index in [1.54, 1.807) is 6.07 Å². The second kappa shape index (κ2) is 6.58. The van der Waals surface area contributed by atoms with Gasteiger partial charge in [0.15, 0.2) is 0 Å². The fourth-order valence-electron chi connectivity index (χ4n) is 1.74. The van der Waals surface area contributed by atoms with Gasteiger partial charge in [-0.05, 0) is 30.9 Å². The highest BCUT2D eigenvalue weighted by Crippen LogP contribution is 2.33. The van der Waals surface area contributed by atoms with Crippen molar-refractivity contribution in [3.05, 3.63) is 21.9 Å². The molecule has 1 fully saturated rings. The number of amides is 1. The van der Waals surface area contributed by atoms with Crippen molar-refractivity contribution in [3.8, 4) is 11.8 Å². The zero-order valence-corrected chi connectivity index (χ0v) is 11.1. The maximum Gasteiger partial charge on any atom is 0.261 e. The minimum Gasteiger partial charge on any atom is -0.384 e. The van der Waals surface area contributed by atoms with Crippen molar-refractivity contribution in [2.24, 2.45) is 5.92 Å². The molecule has 0 aliphatic heterocycles. The quantitative estimate of drug-likeness (QED) is 0.630. The van der Waals surface area contributed by atoms with Gasteiger partial charge in [0.25, 0.3) is 5.91 Å². The van der Waals surface area contributed by atoms with E-state index in [9.17, 15) is 4.79 Å². The molecule has 18 heavy (non-hydrogen) atoms. The summed E-state index contributed by atoms with van der Waals surface area (Å²) in [5.74, 6) is 6.27. The molecule has 2 N–H and O–H groups in total. The first-order valence-corrected chi connectivity index (χ1v) is 7.09. The van der Waals surface area contributed by atoms with Gasteiger partial charge in [-0.25, -0.2) is 0 Å². The Hall–Kier alpha value is -1.31. The van der Waals surface area contributed by atoms with Crippen LogP contribution in [0.25, 0.3) is 0 Å². The summed E-state index contributed by atoms with van der Waals surface area (Å²) in [6.45, 7) is 0.603. The van der Waals surface area contributed by atoms with Gasteiger partial charge in [0.1, 0.15) is 6.61 Å². The Bertz CT molecular complexity index is 466. The number of aliphatic hydroxyl groups is 1. The van der Waals surface area contributed by atoms with Gasteiger partial charge in [-0.1, -0.05) is 24.7 Å². The molecule has 3 nitrogen and oxygen atoms in total. The van der Waals surface area contributed by atoms with Gasteiger partial charge in [0.2, 0.25) is 0 Å². The maximum absolute atomic E-state index is 11.8. The van der Waals surface area contributed by atoms with Gasteiger partial charge in [0.05, 0.1) is 9.75 Å². The number of carbonyl (C=O) groups excluding carboxylic acids is 1. The predicted octanol–water partition coefficient (Wildman–Crippen LogP) is 2.01. The number of rotatable bonds is 5. The van der Waals surface area contributed by atoms with Crippen molar-refractivity contribution in [3.63, 3.8) is 0 Å². The molecule has 1 aliphatic rings. The van der Waals surface area contributed by atoms with Crippen LogP contribution in [-0.4, -0.2) is 24.2 Å². The molecular weight excluding hydrogens is 246 g/mol. The molecule has 0 unspecified atom stereocenters. The highest BCUT2D eigenvalue weighted by Gasteiger charge is 2.20. The van der Waals surface area contributed by atoms with Crippen molar-refractivity contribution < 1.29 is 9.90 Å². The molecule has 1 amide bonds. The summed E-state index contributed by atoms with van der Waals surface area (Å²) in [6, 6.07) is 3.59. The van der Waals surface area contributed by atoms with Crippen LogP contribution < -0.4 is 5.32 Å². The van der Waals surface area contributed by atoms with Crippen LogP contribution in [0.1, 0.15) is 40.2 Å². The highest BCUT2D eigenvalue weighted by molar-refractivity contribution is 7.14. The van der Waals surface area contributed by atoms with Gasteiger partial charge in [-0.3, -0.25) is 4.79 Å². The van der Waals surface area contributed by atoms with Crippen LogP contribution >= 0.6 is 11.3 Å². The third-order valence-electron chi connectivity index (χ3n) is 2.89. The molecular formula is C14H17NO2S. The molecule has 0 atom stereocenters. The fourth-order valence-corrected chi connectivity index (χ4v) is 2.54. The Balaban J connectivity index is 1.74. The van der Waals surface area contributed by atoms with E-state index < -0.39 is 0 Å². The lowest BCUT2D eigenvalue weighted by Gasteiger charge is -2.02. The first kappa shape index (κ1) is 13.1. The van der Waals surface area contributed by atoms with Crippen molar-refractivity contribution in [2.45, 2.75) is 25.7 Å². The monoisotopic (exact) mass is 263 g/mol. The molecule has 0 aromatic carbocycles. The summed E-state index contributed by atoms with van der Waals surface area (Å²) in [5, 5.41) is 11.5. The van der Waals surface area contributed by atoms with Gasteiger partial charge in [0, 0.05) is 6.54 Å². The average Bonchev–Trinajstić information content (AvgIpc) is 3.08. The lowest BCUT2D eigenvalue weighted by molar-refractivity contribution is 0.0957. The number of thiophene rings is 1. The maximum atomic E-state index is 11.8. The second-order valence-electron chi connectivity index (χ2n) is 4.47. The number of hydrogen-bond donors (Lipinski definition) is 2. The molecule has 1 aromatic heterocycles. The van der Waals surface area contributed by atoms with Crippen LogP contribution in [-0.2, 0) is 0 Å². The van der Waals surface area contributed by atoms with Crippen LogP contribution in [0.4, 0.5) is 0 Å². The summed E-state index contributed by atoms with van der Waals surface area (Å²) in [4.78, 5) is 13.3. The second-order valence-corrected chi connectivity index (χ2v) is 5.55. The minimum atomic E-state index is -0.152. The zero-order chi connectivity index (χ0) is 12.8. The largest absolute Gasteiger partial charge is 0.384 e. The first-order valence-electron chi connectivity index (χ1n) is 6.27. The molecule has 1 saturated carbocycles. The van der Waals surface area contributed by atoms with Crippen LogP contribution in [0.3, 0.4) is 0 Å². The molecule has 0 bridgehead atoms. The van der Waals surface area contributed by atoms with Crippen LogP contribution in [0, 0.1) is 17.8 Å². The van der Waals surface area contributed by atoms with Crippen molar-refractivity contribution in [2.75, 3.05) is 13.2 Å². The summed E-state index contributed by atoms with van der Waals surface area (Å²) in [6.07, 6.45) is 5.04. The Morgan fingerprint density at radius 2 is 2.33 bits per heavy atom. The summed E-state index contributed by atoms with van der Waals surface area (Å²) >= 11 is 1.36. The molecule has 0 saturated heterocycles. The lowest BCUT2D eigenvalue weighted by atomic mass is 10.2. The first-order chi connectivity index (χ1) is 8.79. The van der Waals surface area contributed by atoms with Gasteiger partial charge >= 0.3 is 0 Å². The number of hydrogen-bond acceptors (Lipinski definition) is 3. The highest BCUT2D eigenvalue weighted by atomic mass is 32.1. The smallest absolute Gasteiger partial charge is 0.261 e. The Morgan fingerprint density at radius 1 is 1.50 bits per heavy atom. The normalized spacial score (nSPS) is 13.8. The summed E-state index contributed by atoms with van der Waals surface area (Å²) < 4.78 is 0. The van der Waals surface area contributed by atoms with Crippen molar-refractivity contribution in [1.82, 2.24) is 5.32 Å². The molecule has 96 valence electrons. The van der Waals surface area contributed by atoms with E-state index in [0.29, 0.717) is 4.88 Å². The minimum absolute atomic E-state index is 0.0205. The van der Waals surface area contributed by atoms with E-state index in [1.807, 2.05) is 6.07 Å². The molecule has 1 aromatic rings. The van der Waals surface area contributed by atoms with Gasteiger partial charge in [-0.15, -0.1) is 11.3 Å². The summed E-state index contributed by atoms with van der Waals surface area (Å²) in [7, 11) is 0. The van der Waals surface area contributed by atoms with Crippen LogP contribution in [0.2, 0.25) is 0 Å². The lowest BCUT2D eigenvalue weighted by Crippen LogP contribution is -2.23. The summed E-state index contributed by atoms with van der Waals surface area (Å²) in [5.41, 5.74) is 0. The molecule has 2 rings (SSSR count). The fraction of sp³-hybridized carbons (Fsp3) is 0.500. The van der Waals surface area contributed by atoms with E-state index in [-0.39, 0.29) is 12.5 Å². The average molecular weight is 263 g/mol. The van der Waals surface area contributed by atoms with Crippen molar-refractivity contribution in [1.29, 1.82) is 0 Å². The standard InChI is InChI=1S/C14H17NO2S/c16-10-2-4-12-7-8-13(18-12)14(17)15-9-1-3-11-5-6-11/h7-8,11,16H,1,3,5-6,9-10H2,(H,15,17). The van der Waals surface area contributed by atoms with E-state index in [0.717, 1.165) is 23.8 Å². The molecule has 0 radical (unpaired) electrons. The van der Waals surface area contributed by atoms with Gasteiger partial charge in [-0.2, -0.15) is 0 Å². The number of nitrogens with one attached hydrogen (secondary N) is 1. The topological polar surface area (TPSA) is 49.3 Å². The number of carbonyl (C=O) groups is 1. The molecule has 1 heterocycles. The molecule has 0 spiro atoms. The SMILES string of the molecule is O=C(NCCCC1CC1)c1ccc(C#CCO)s1.